The van der Waals surface area contributed by atoms with Crippen molar-refractivity contribution in [1.82, 2.24) is 0 Å². The van der Waals surface area contributed by atoms with Crippen molar-refractivity contribution in [3.8, 4) is 11.1 Å². The highest BCUT2D eigenvalue weighted by Gasteiger charge is 2.33. The first-order valence-electron chi connectivity index (χ1n) is 9.82. The van der Waals surface area contributed by atoms with Gasteiger partial charge in [0.1, 0.15) is 5.71 Å². The molecular weight excluding hydrogens is 508 g/mol. The number of allylic oxidation sites excluding steroid dienone is 1. The number of aliphatic carboxylic acids is 1. The molecule has 3 rings (SSSR count). The van der Waals surface area contributed by atoms with Crippen LogP contribution in [0.3, 0.4) is 0 Å². The summed E-state index contributed by atoms with van der Waals surface area (Å²) < 4.78 is 39.3. The SMILES string of the molecule is CC(C)(C(=O)O)c1cccc(-c2csc(/C(=C/C(=N)C(F)(F)F)Nc3cc(Cl)ccc3Cl)c2)c1. The van der Waals surface area contributed by atoms with Gasteiger partial charge in [0.25, 0.3) is 0 Å². The maximum Gasteiger partial charge on any atom is 0.432 e. The van der Waals surface area contributed by atoms with Crippen LogP contribution >= 0.6 is 34.5 Å². The van der Waals surface area contributed by atoms with Gasteiger partial charge in [-0.25, -0.2) is 0 Å². The van der Waals surface area contributed by atoms with Crippen molar-refractivity contribution >= 4 is 57.6 Å². The highest BCUT2D eigenvalue weighted by Crippen LogP contribution is 2.35. The second-order valence-corrected chi connectivity index (χ2v) is 9.68. The van der Waals surface area contributed by atoms with Gasteiger partial charge in [-0.05, 0) is 72.3 Å². The van der Waals surface area contributed by atoms with E-state index < -0.39 is 23.3 Å². The number of anilines is 1. The van der Waals surface area contributed by atoms with E-state index in [4.69, 9.17) is 28.6 Å². The lowest BCUT2D eigenvalue weighted by atomic mass is 9.83. The number of carboxylic acid groups (broad SMARTS) is 1. The molecule has 0 saturated heterocycles. The van der Waals surface area contributed by atoms with Crippen LogP contribution in [-0.4, -0.2) is 23.0 Å². The Balaban J connectivity index is 2.04. The van der Waals surface area contributed by atoms with Gasteiger partial charge in [-0.15, -0.1) is 11.3 Å². The average Bonchev–Trinajstić information content (AvgIpc) is 3.25. The molecule has 0 unspecified atom stereocenters. The molecule has 0 saturated carbocycles. The zero-order valence-corrected chi connectivity index (χ0v) is 20.3. The molecule has 4 nitrogen and oxygen atoms in total. The topological polar surface area (TPSA) is 73.2 Å². The molecule has 34 heavy (non-hydrogen) atoms. The van der Waals surface area contributed by atoms with Gasteiger partial charge in [0.05, 0.1) is 26.7 Å². The standard InChI is InChI=1S/C24H19Cl2F3N2O2S/c1-23(2,22(32)33)15-5-3-4-13(8-15)14-9-20(34-12-14)19(11-21(30)24(27,28)29)31-18-10-16(25)6-7-17(18)26/h3-12,30-31H,1-2H3,(H,32,33)/b19-11-,30-21?. The Bertz CT molecular complexity index is 1280. The molecule has 0 aliphatic rings. The summed E-state index contributed by atoms with van der Waals surface area (Å²) in [6.45, 7) is 3.19. The summed E-state index contributed by atoms with van der Waals surface area (Å²) >= 11 is 13.3. The molecule has 3 aromatic rings. The van der Waals surface area contributed by atoms with E-state index in [1.807, 2.05) is 0 Å². The van der Waals surface area contributed by atoms with E-state index in [1.54, 1.807) is 55.6 Å². The van der Waals surface area contributed by atoms with Gasteiger partial charge in [0.15, 0.2) is 0 Å². The van der Waals surface area contributed by atoms with E-state index >= 15 is 0 Å². The molecule has 3 N–H and O–H groups in total. The van der Waals surface area contributed by atoms with E-state index in [1.165, 1.54) is 23.5 Å². The molecule has 0 aliphatic carbocycles. The molecule has 0 radical (unpaired) electrons. The number of alkyl halides is 3. The minimum Gasteiger partial charge on any atom is -0.481 e. The van der Waals surface area contributed by atoms with Crippen molar-refractivity contribution in [1.29, 1.82) is 5.41 Å². The Kier molecular flexibility index (Phi) is 7.45. The summed E-state index contributed by atoms with van der Waals surface area (Å²) in [7, 11) is 0. The van der Waals surface area contributed by atoms with Crippen molar-refractivity contribution in [2.75, 3.05) is 5.32 Å². The monoisotopic (exact) mass is 526 g/mol. The minimum absolute atomic E-state index is 0.0183. The number of carbonyl (C=O) groups is 1. The molecule has 10 heteroatoms. The number of carboxylic acids is 1. The van der Waals surface area contributed by atoms with Gasteiger partial charge < -0.3 is 10.4 Å². The van der Waals surface area contributed by atoms with E-state index in [0.717, 1.165) is 0 Å². The number of hydrogen-bond donors (Lipinski definition) is 3. The first kappa shape index (κ1) is 25.8. The van der Waals surface area contributed by atoms with Gasteiger partial charge >= 0.3 is 12.1 Å². The molecule has 0 atom stereocenters. The number of halogens is 5. The van der Waals surface area contributed by atoms with Crippen LogP contribution in [0.5, 0.6) is 0 Å². The number of benzene rings is 2. The van der Waals surface area contributed by atoms with Crippen molar-refractivity contribution in [3.05, 3.63) is 80.5 Å². The Morgan fingerprint density at radius 2 is 1.79 bits per heavy atom. The summed E-state index contributed by atoms with van der Waals surface area (Å²) in [5.74, 6) is -0.978. The fraction of sp³-hybridized carbons (Fsp3) is 0.167. The molecule has 1 heterocycles. The quantitative estimate of drug-likeness (QED) is 0.272. The van der Waals surface area contributed by atoms with Crippen LogP contribution in [0.4, 0.5) is 18.9 Å². The first-order chi connectivity index (χ1) is 15.8. The summed E-state index contributed by atoms with van der Waals surface area (Å²) in [4.78, 5) is 12.0. The molecule has 178 valence electrons. The van der Waals surface area contributed by atoms with Crippen molar-refractivity contribution in [2.45, 2.75) is 25.4 Å². The average molecular weight is 527 g/mol. The number of nitrogens with one attached hydrogen (secondary N) is 2. The van der Waals surface area contributed by atoms with Crippen LogP contribution in [0.2, 0.25) is 10.0 Å². The van der Waals surface area contributed by atoms with Crippen molar-refractivity contribution < 1.29 is 23.1 Å². The van der Waals surface area contributed by atoms with Crippen LogP contribution in [0.15, 0.2) is 60.0 Å². The Hall–Kier alpha value is -2.81. The molecule has 0 spiro atoms. The molecule has 0 aliphatic heterocycles. The van der Waals surface area contributed by atoms with Crippen LogP contribution in [0, 0.1) is 5.41 Å². The molecule has 2 aromatic carbocycles. The maximum absolute atomic E-state index is 13.1. The van der Waals surface area contributed by atoms with Gasteiger partial charge in [0, 0.05) is 5.02 Å². The number of hydrogen-bond acceptors (Lipinski definition) is 4. The zero-order chi connectivity index (χ0) is 25.3. The maximum atomic E-state index is 13.1. The largest absolute Gasteiger partial charge is 0.481 e. The molecule has 0 amide bonds. The highest BCUT2D eigenvalue weighted by molar-refractivity contribution is 7.11. The number of rotatable bonds is 7. The van der Waals surface area contributed by atoms with E-state index in [0.29, 0.717) is 32.7 Å². The minimum atomic E-state index is -4.83. The van der Waals surface area contributed by atoms with E-state index in [2.05, 4.69) is 5.32 Å². The Morgan fingerprint density at radius 1 is 1.09 bits per heavy atom. The predicted octanol–water partition coefficient (Wildman–Crippen LogP) is 8.12. The third-order valence-corrected chi connectivity index (χ3v) is 6.64. The second-order valence-electron chi connectivity index (χ2n) is 7.93. The summed E-state index contributed by atoms with van der Waals surface area (Å²) in [5, 5.41) is 22.1. The summed E-state index contributed by atoms with van der Waals surface area (Å²) in [5.41, 5.74) is -0.365. The predicted molar refractivity (Wildman–Crippen MR) is 132 cm³/mol. The lowest BCUT2D eigenvalue weighted by Crippen LogP contribution is -2.28. The Labute approximate surface area is 208 Å². The van der Waals surface area contributed by atoms with Gasteiger partial charge in [-0.3, -0.25) is 10.2 Å². The molecule has 1 aromatic heterocycles. The lowest BCUT2D eigenvalue weighted by molar-refractivity contribution is -0.142. The van der Waals surface area contributed by atoms with Gasteiger partial charge in [-0.2, -0.15) is 13.2 Å². The van der Waals surface area contributed by atoms with Gasteiger partial charge in [-0.1, -0.05) is 41.4 Å². The fourth-order valence-corrected chi connectivity index (χ4v) is 4.20. The zero-order valence-electron chi connectivity index (χ0n) is 17.9. The number of thiophene rings is 1. The van der Waals surface area contributed by atoms with Crippen LogP contribution in [0.1, 0.15) is 24.3 Å². The normalized spacial score (nSPS) is 12.5. The summed E-state index contributed by atoms with van der Waals surface area (Å²) in [6, 6.07) is 13.2. The van der Waals surface area contributed by atoms with E-state index in [-0.39, 0.29) is 16.4 Å². The first-order valence-corrected chi connectivity index (χ1v) is 11.5. The van der Waals surface area contributed by atoms with Crippen LogP contribution < -0.4 is 5.32 Å². The third kappa shape index (κ3) is 5.81. The van der Waals surface area contributed by atoms with Gasteiger partial charge in [0.2, 0.25) is 0 Å². The van der Waals surface area contributed by atoms with Crippen molar-refractivity contribution in [2.24, 2.45) is 0 Å². The molecule has 0 fully saturated rings. The lowest BCUT2D eigenvalue weighted by Gasteiger charge is -2.20. The third-order valence-electron chi connectivity index (χ3n) is 5.11. The van der Waals surface area contributed by atoms with Crippen LogP contribution in [0.25, 0.3) is 16.8 Å². The summed E-state index contributed by atoms with van der Waals surface area (Å²) in [6.07, 6.45) is -4.14. The highest BCUT2D eigenvalue weighted by atomic mass is 35.5. The second kappa shape index (κ2) is 9.82. The smallest absolute Gasteiger partial charge is 0.432 e. The molecule has 0 bridgehead atoms. The molecular formula is C24H19Cl2F3N2O2S. The Morgan fingerprint density at radius 3 is 2.44 bits per heavy atom. The van der Waals surface area contributed by atoms with E-state index in [9.17, 15) is 23.1 Å². The fourth-order valence-electron chi connectivity index (χ4n) is 2.97. The van der Waals surface area contributed by atoms with Crippen molar-refractivity contribution in [3.63, 3.8) is 0 Å². The van der Waals surface area contributed by atoms with Crippen LogP contribution in [-0.2, 0) is 10.2 Å².